The van der Waals surface area contributed by atoms with Crippen LogP contribution in [-0.2, 0) is 13.1 Å². The van der Waals surface area contributed by atoms with Gasteiger partial charge in [-0.3, -0.25) is 0 Å². The third-order valence-corrected chi connectivity index (χ3v) is 2.41. The Morgan fingerprint density at radius 2 is 2.33 bits per heavy atom. The molecule has 0 aliphatic heterocycles. The zero-order valence-corrected chi connectivity index (χ0v) is 8.59. The summed E-state index contributed by atoms with van der Waals surface area (Å²) in [6.07, 6.45) is 5.45. The number of hydrogen-bond acceptors (Lipinski definition) is 2. The lowest BCUT2D eigenvalue weighted by Crippen LogP contribution is -2.06. The Morgan fingerprint density at radius 3 is 2.93 bits per heavy atom. The van der Waals surface area contributed by atoms with Crippen molar-refractivity contribution in [3.63, 3.8) is 0 Å². The summed E-state index contributed by atoms with van der Waals surface area (Å²) in [6.45, 7) is 3.62. The van der Waals surface area contributed by atoms with Gasteiger partial charge in [-0.25, -0.2) is 4.98 Å². The van der Waals surface area contributed by atoms with Gasteiger partial charge in [-0.05, 0) is 19.1 Å². The minimum absolute atomic E-state index is 0.715. The van der Waals surface area contributed by atoms with Gasteiger partial charge in [0, 0.05) is 24.6 Å². The van der Waals surface area contributed by atoms with Gasteiger partial charge in [0.15, 0.2) is 0 Å². The van der Waals surface area contributed by atoms with Crippen molar-refractivity contribution in [1.82, 2.24) is 14.1 Å². The van der Waals surface area contributed by atoms with Crippen LogP contribution in [0.2, 0.25) is 0 Å². The standard InChI is InChI=1S/C11H12N4/c1-2-15-10(7-12)3-4-11(15)8-14-6-5-13-9-14/h3-6,9H,2,8H2,1H3. The van der Waals surface area contributed by atoms with Crippen LogP contribution in [0, 0.1) is 11.3 Å². The molecule has 0 unspecified atom stereocenters. The van der Waals surface area contributed by atoms with Gasteiger partial charge in [0.05, 0.1) is 12.9 Å². The molecule has 0 bridgehead atoms. The lowest BCUT2D eigenvalue weighted by Gasteiger charge is -2.07. The van der Waals surface area contributed by atoms with Gasteiger partial charge in [0.2, 0.25) is 0 Å². The second-order valence-corrected chi connectivity index (χ2v) is 3.30. The average molecular weight is 200 g/mol. The lowest BCUT2D eigenvalue weighted by molar-refractivity contribution is 0.664. The molecule has 4 nitrogen and oxygen atoms in total. The number of nitrogens with zero attached hydrogens (tertiary/aromatic N) is 4. The highest BCUT2D eigenvalue weighted by molar-refractivity contribution is 5.27. The summed E-state index contributed by atoms with van der Waals surface area (Å²) in [5, 5.41) is 8.90. The highest BCUT2D eigenvalue weighted by Crippen LogP contribution is 2.09. The Kier molecular flexibility index (Phi) is 2.55. The van der Waals surface area contributed by atoms with Gasteiger partial charge in [-0.15, -0.1) is 0 Å². The van der Waals surface area contributed by atoms with Gasteiger partial charge in [0.25, 0.3) is 0 Å². The zero-order valence-electron chi connectivity index (χ0n) is 8.59. The zero-order chi connectivity index (χ0) is 10.7. The summed E-state index contributed by atoms with van der Waals surface area (Å²) in [5.41, 5.74) is 1.85. The van der Waals surface area contributed by atoms with Crippen LogP contribution >= 0.6 is 0 Å². The normalized spacial score (nSPS) is 10.1. The highest BCUT2D eigenvalue weighted by Gasteiger charge is 2.05. The van der Waals surface area contributed by atoms with Gasteiger partial charge in [-0.2, -0.15) is 5.26 Å². The number of imidazole rings is 1. The minimum atomic E-state index is 0.715. The molecule has 15 heavy (non-hydrogen) atoms. The molecule has 0 fully saturated rings. The number of nitriles is 1. The number of aromatic nitrogens is 3. The molecular formula is C11H12N4. The molecule has 0 aliphatic rings. The SMILES string of the molecule is CCn1c(C#N)ccc1Cn1ccnc1. The molecule has 0 saturated carbocycles. The van der Waals surface area contributed by atoms with Crippen molar-refractivity contribution in [2.24, 2.45) is 0 Å². The van der Waals surface area contributed by atoms with Crippen molar-refractivity contribution in [3.8, 4) is 6.07 Å². The van der Waals surface area contributed by atoms with Crippen LogP contribution < -0.4 is 0 Å². The van der Waals surface area contributed by atoms with Crippen molar-refractivity contribution >= 4 is 0 Å². The first-order chi connectivity index (χ1) is 7.35. The molecule has 2 rings (SSSR count). The van der Waals surface area contributed by atoms with Crippen LogP contribution in [0.15, 0.2) is 30.9 Å². The molecule has 2 heterocycles. The molecule has 0 aromatic carbocycles. The fourth-order valence-electron chi connectivity index (χ4n) is 1.69. The van der Waals surface area contributed by atoms with E-state index in [1.54, 1.807) is 12.5 Å². The lowest BCUT2D eigenvalue weighted by atomic mass is 10.4. The summed E-state index contributed by atoms with van der Waals surface area (Å²) in [6, 6.07) is 6.03. The maximum atomic E-state index is 8.90. The molecule has 0 radical (unpaired) electrons. The van der Waals surface area contributed by atoms with E-state index >= 15 is 0 Å². The molecule has 0 spiro atoms. The second-order valence-electron chi connectivity index (χ2n) is 3.30. The molecule has 76 valence electrons. The molecule has 4 heteroatoms. The number of rotatable bonds is 3. The van der Waals surface area contributed by atoms with E-state index in [4.69, 9.17) is 5.26 Å². The maximum absolute atomic E-state index is 8.90. The summed E-state index contributed by atoms with van der Waals surface area (Å²) < 4.78 is 4.00. The van der Waals surface area contributed by atoms with E-state index in [9.17, 15) is 0 Å². The first-order valence-corrected chi connectivity index (χ1v) is 4.89. The van der Waals surface area contributed by atoms with Crippen LogP contribution in [0.1, 0.15) is 18.3 Å². The van der Waals surface area contributed by atoms with E-state index in [1.807, 2.05) is 34.4 Å². The summed E-state index contributed by atoms with van der Waals surface area (Å²) in [5.74, 6) is 0. The van der Waals surface area contributed by atoms with E-state index < -0.39 is 0 Å². The van der Waals surface area contributed by atoms with E-state index in [0.29, 0.717) is 5.69 Å². The smallest absolute Gasteiger partial charge is 0.120 e. The van der Waals surface area contributed by atoms with Crippen LogP contribution in [0.4, 0.5) is 0 Å². The topological polar surface area (TPSA) is 46.5 Å². The van der Waals surface area contributed by atoms with Gasteiger partial charge in [0.1, 0.15) is 11.8 Å². The van der Waals surface area contributed by atoms with E-state index in [-0.39, 0.29) is 0 Å². The fraction of sp³-hybridized carbons (Fsp3) is 0.273. The van der Waals surface area contributed by atoms with Gasteiger partial charge >= 0.3 is 0 Å². The van der Waals surface area contributed by atoms with E-state index in [0.717, 1.165) is 18.8 Å². The van der Waals surface area contributed by atoms with Crippen molar-refractivity contribution in [2.45, 2.75) is 20.0 Å². The van der Waals surface area contributed by atoms with Crippen molar-refractivity contribution < 1.29 is 0 Å². The molecule has 0 N–H and O–H groups in total. The molecular weight excluding hydrogens is 188 g/mol. The first kappa shape index (κ1) is 9.53. The van der Waals surface area contributed by atoms with E-state index in [2.05, 4.69) is 11.1 Å². The highest BCUT2D eigenvalue weighted by atomic mass is 15.1. The maximum Gasteiger partial charge on any atom is 0.120 e. The minimum Gasteiger partial charge on any atom is -0.335 e. The third-order valence-electron chi connectivity index (χ3n) is 2.41. The second kappa shape index (κ2) is 4.01. The monoisotopic (exact) mass is 200 g/mol. The molecule has 0 amide bonds. The molecule has 0 aliphatic carbocycles. The largest absolute Gasteiger partial charge is 0.335 e. The van der Waals surface area contributed by atoms with E-state index in [1.165, 1.54) is 0 Å². The van der Waals surface area contributed by atoms with Crippen molar-refractivity contribution in [3.05, 3.63) is 42.2 Å². The molecule has 0 saturated heterocycles. The van der Waals surface area contributed by atoms with Crippen molar-refractivity contribution in [2.75, 3.05) is 0 Å². The summed E-state index contributed by atoms with van der Waals surface area (Å²) in [7, 11) is 0. The Labute approximate surface area is 88.4 Å². The first-order valence-electron chi connectivity index (χ1n) is 4.89. The van der Waals surface area contributed by atoms with Crippen molar-refractivity contribution in [1.29, 1.82) is 5.26 Å². The van der Waals surface area contributed by atoms with Crippen LogP contribution in [0.3, 0.4) is 0 Å². The predicted molar refractivity (Wildman–Crippen MR) is 56.2 cm³/mol. The van der Waals surface area contributed by atoms with Gasteiger partial charge in [-0.1, -0.05) is 0 Å². The Hall–Kier alpha value is -2.02. The molecule has 2 aromatic heterocycles. The summed E-state index contributed by atoms with van der Waals surface area (Å²) >= 11 is 0. The third kappa shape index (κ3) is 1.77. The predicted octanol–water partition coefficient (Wildman–Crippen LogP) is 1.62. The van der Waals surface area contributed by atoms with Gasteiger partial charge < -0.3 is 9.13 Å². The Bertz CT molecular complexity index is 473. The average Bonchev–Trinajstić information content (AvgIpc) is 2.87. The Morgan fingerprint density at radius 1 is 1.47 bits per heavy atom. The van der Waals surface area contributed by atoms with Crippen LogP contribution in [-0.4, -0.2) is 14.1 Å². The number of hydrogen-bond donors (Lipinski definition) is 0. The Balaban J connectivity index is 2.29. The summed E-state index contributed by atoms with van der Waals surface area (Å²) in [4.78, 5) is 3.99. The fourth-order valence-corrected chi connectivity index (χ4v) is 1.69. The molecule has 0 atom stereocenters. The van der Waals surface area contributed by atoms with Crippen LogP contribution in [0.5, 0.6) is 0 Å². The quantitative estimate of drug-likeness (QED) is 0.755. The molecule has 2 aromatic rings. The van der Waals surface area contributed by atoms with Crippen LogP contribution in [0.25, 0.3) is 0 Å².